The van der Waals surface area contributed by atoms with Crippen LogP contribution < -0.4 is 5.32 Å². The number of carbonyl (C=O) groups excluding carboxylic acids is 2. The first-order valence-electron chi connectivity index (χ1n) is 9.55. The van der Waals surface area contributed by atoms with Gasteiger partial charge in [0.25, 0.3) is 5.91 Å². The van der Waals surface area contributed by atoms with Crippen LogP contribution in [0.3, 0.4) is 0 Å². The van der Waals surface area contributed by atoms with Crippen LogP contribution >= 0.6 is 0 Å². The number of carbonyl (C=O) groups is 2. The lowest BCUT2D eigenvalue weighted by Gasteiger charge is -2.31. The number of nitrogens with one attached hydrogen (secondary N) is 1. The number of rotatable bonds is 5. The van der Waals surface area contributed by atoms with Gasteiger partial charge in [-0.1, -0.05) is 49.6 Å². The van der Waals surface area contributed by atoms with Crippen LogP contribution in [0.1, 0.15) is 48.0 Å². The molecule has 0 aliphatic heterocycles. The zero-order valence-electron chi connectivity index (χ0n) is 15.7. The molecule has 4 heteroatoms. The van der Waals surface area contributed by atoms with Crippen molar-refractivity contribution in [2.45, 2.75) is 38.1 Å². The Morgan fingerprint density at radius 3 is 2.30 bits per heavy atom. The van der Waals surface area contributed by atoms with E-state index < -0.39 is 0 Å². The maximum atomic E-state index is 12.7. The highest BCUT2D eigenvalue weighted by Crippen LogP contribution is 2.23. The summed E-state index contributed by atoms with van der Waals surface area (Å²) >= 11 is 0. The summed E-state index contributed by atoms with van der Waals surface area (Å²) in [4.78, 5) is 26.6. The van der Waals surface area contributed by atoms with E-state index in [-0.39, 0.29) is 11.8 Å². The molecule has 2 amide bonds. The Balaban J connectivity index is 1.57. The van der Waals surface area contributed by atoms with Crippen molar-refractivity contribution in [1.29, 1.82) is 0 Å². The fourth-order valence-electron chi connectivity index (χ4n) is 3.45. The SMILES string of the molecule is CN(C(=O)c1ccc(NC(=O)/C=C/c2ccccc2)cc1)C1CCCCC1. The van der Waals surface area contributed by atoms with Crippen molar-refractivity contribution in [2.24, 2.45) is 0 Å². The lowest BCUT2D eigenvalue weighted by molar-refractivity contribution is -0.111. The monoisotopic (exact) mass is 362 g/mol. The third-order valence-electron chi connectivity index (χ3n) is 5.07. The zero-order valence-corrected chi connectivity index (χ0v) is 15.7. The fraction of sp³-hybridized carbons (Fsp3) is 0.304. The molecule has 1 aliphatic rings. The number of nitrogens with zero attached hydrogens (tertiary/aromatic N) is 1. The molecular formula is C23H26N2O2. The third-order valence-corrected chi connectivity index (χ3v) is 5.07. The molecule has 0 bridgehead atoms. The van der Waals surface area contributed by atoms with Gasteiger partial charge in [0.2, 0.25) is 5.91 Å². The van der Waals surface area contributed by atoms with Gasteiger partial charge in [-0.15, -0.1) is 0 Å². The van der Waals surface area contributed by atoms with Gasteiger partial charge in [-0.3, -0.25) is 9.59 Å². The minimum Gasteiger partial charge on any atom is -0.339 e. The van der Waals surface area contributed by atoms with Gasteiger partial charge in [0.05, 0.1) is 0 Å². The second-order valence-electron chi connectivity index (χ2n) is 7.02. The molecule has 3 rings (SSSR count). The van der Waals surface area contributed by atoms with Gasteiger partial charge in [0, 0.05) is 30.4 Å². The molecule has 2 aromatic rings. The van der Waals surface area contributed by atoms with Gasteiger partial charge >= 0.3 is 0 Å². The molecule has 0 saturated heterocycles. The highest BCUT2D eigenvalue weighted by Gasteiger charge is 2.22. The Bertz CT molecular complexity index is 791. The first-order chi connectivity index (χ1) is 13.1. The Labute approximate surface area is 160 Å². The number of hydrogen-bond donors (Lipinski definition) is 1. The number of hydrogen-bond acceptors (Lipinski definition) is 2. The molecule has 0 heterocycles. The van der Waals surface area contributed by atoms with Crippen LogP contribution in [-0.2, 0) is 4.79 Å². The number of anilines is 1. The van der Waals surface area contributed by atoms with E-state index in [4.69, 9.17) is 0 Å². The first kappa shape index (κ1) is 18.9. The highest BCUT2D eigenvalue weighted by atomic mass is 16.2. The topological polar surface area (TPSA) is 49.4 Å². The molecule has 0 radical (unpaired) electrons. The lowest BCUT2D eigenvalue weighted by atomic mass is 9.94. The molecular weight excluding hydrogens is 336 g/mol. The minimum absolute atomic E-state index is 0.0451. The minimum atomic E-state index is -0.197. The summed E-state index contributed by atoms with van der Waals surface area (Å²) in [7, 11) is 1.89. The summed E-state index contributed by atoms with van der Waals surface area (Å²) < 4.78 is 0. The van der Waals surface area contributed by atoms with Crippen molar-refractivity contribution in [3.63, 3.8) is 0 Å². The van der Waals surface area contributed by atoms with Crippen LogP contribution in [0.5, 0.6) is 0 Å². The summed E-state index contributed by atoms with van der Waals surface area (Å²) in [5.41, 5.74) is 2.30. The second kappa shape index (κ2) is 9.17. The molecule has 0 aromatic heterocycles. The van der Waals surface area contributed by atoms with Gasteiger partial charge in [-0.2, -0.15) is 0 Å². The lowest BCUT2D eigenvalue weighted by Crippen LogP contribution is -2.38. The quantitative estimate of drug-likeness (QED) is 0.781. The van der Waals surface area contributed by atoms with E-state index in [1.54, 1.807) is 30.3 Å². The predicted molar refractivity (Wildman–Crippen MR) is 110 cm³/mol. The molecule has 0 unspecified atom stereocenters. The average Bonchev–Trinajstić information content (AvgIpc) is 2.73. The largest absolute Gasteiger partial charge is 0.339 e. The van der Waals surface area contributed by atoms with Gasteiger partial charge < -0.3 is 10.2 Å². The molecule has 1 saturated carbocycles. The Morgan fingerprint density at radius 2 is 1.63 bits per heavy atom. The summed E-state index contributed by atoms with van der Waals surface area (Å²) in [5.74, 6) is -0.152. The second-order valence-corrected chi connectivity index (χ2v) is 7.02. The van der Waals surface area contributed by atoms with Crippen molar-refractivity contribution in [3.8, 4) is 0 Å². The Morgan fingerprint density at radius 1 is 0.963 bits per heavy atom. The van der Waals surface area contributed by atoms with Crippen molar-refractivity contribution in [2.75, 3.05) is 12.4 Å². The van der Waals surface area contributed by atoms with E-state index >= 15 is 0 Å². The molecule has 1 aliphatic carbocycles. The van der Waals surface area contributed by atoms with Crippen molar-refractivity contribution >= 4 is 23.6 Å². The zero-order chi connectivity index (χ0) is 19.1. The van der Waals surface area contributed by atoms with E-state index in [0.717, 1.165) is 18.4 Å². The van der Waals surface area contributed by atoms with E-state index in [2.05, 4.69) is 5.32 Å². The molecule has 27 heavy (non-hydrogen) atoms. The van der Waals surface area contributed by atoms with E-state index in [1.165, 1.54) is 25.3 Å². The first-order valence-corrected chi connectivity index (χ1v) is 9.55. The van der Waals surface area contributed by atoms with Crippen LogP contribution in [-0.4, -0.2) is 29.8 Å². The standard InChI is InChI=1S/C23H26N2O2/c1-25(21-10-6-3-7-11-21)23(27)19-13-15-20(16-14-19)24-22(26)17-12-18-8-4-2-5-9-18/h2,4-5,8-9,12-17,21H,3,6-7,10-11H2,1H3,(H,24,26)/b17-12+. The van der Waals surface area contributed by atoms with Gasteiger partial charge in [0.15, 0.2) is 0 Å². The Kier molecular flexibility index (Phi) is 6.42. The van der Waals surface area contributed by atoms with Gasteiger partial charge in [-0.25, -0.2) is 0 Å². The van der Waals surface area contributed by atoms with Crippen molar-refractivity contribution in [1.82, 2.24) is 4.90 Å². The molecule has 0 atom stereocenters. The number of amides is 2. The number of benzene rings is 2. The highest BCUT2D eigenvalue weighted by molar-refractivity contribution is 6.02. The van der Waals surface area contributed by atoms with Crippen LogP contribution in [0.2, 0.25) is 0 Å². The molecule has 2 aromatic carbocycles. The molecule has 0 spiro atoms. The summed E-state index contributed by atoms with van der Waals surface area (Å²) in [6, 6.07) is 17.1. The Hall–Kier alpha value is -2.88. The molecule has 1 N–H and O–H groups in total. The normalized spacial score (nSPS) is 14.9. The summed E-state index contributed by atoms with van der Waals surface area (Å²) in [6.45, 7) is 0. The van der Waals surface area contributed by atoms with Crippen LogP contribution in [0.25, 0.3) is 6.08 Å². The summed E-state index contributed by atoms with van der Waals surface area (Å²) in [6.07, 6.45) is 9.12. The third kappa shape index (κ3) is 5.30. The summed E-state index contributed by atoms with van der Waals surface area (Å²) in [5, 5.41) is 2.82. The smallest absolute Gasteiger partial charge is 0.253 e. The predicted octanol–water partition coefficient (Wildman–Crippen LogP) is 4.74. The molecule has 4 nitrogen and oxygen atoms in total. The average molecular weight is 362 g/mol. The van der Waals surface area contributed by atoms with E-state index in [9.17, 15) is 9.59 Å². The maximum Gasteiger partial charge on any atom is 0.253 e. The van der Waals surface area contributed by atoms with Crippen molar-refractivity contribution < 1.29 is 9.59 Å². The molecule has 140 valence electrons. The van der Waals surface area contributed by atoms with Crippen LogP contribution in [0.15, 0.2) is 60.7 Å². The van der Waals surface area contributed by atoms with E-state index in [0.29, 0.717) is 17.3 Å². The maximum absolute atomic E-state index is 12.7. The van der Waals surface area contributed by atoms with Crippen LogP contribution in [0.4, 0.5) is 5.69 Å². The van der Waals surface area contributed by atoms with Crippen molar-refractivity contribution in [3.05, 3.63) is 71.8 Å². The fourth-order valence-corrected chi connectivity index (χ4v) is 3.45. The van der Waals surface area contributed by atoms with Gasteiger partial charge in [0.1, 0.15) is 0 Å². The van der Waals surface area contributed by atoms with E-state index in [1.807, 2.05) is 42.3 Å². The van der Waals surface area contributed by atoms with Crippen LogP contribution in [0, 0.1) is 0 Å². The molecule has 1 fully saturated rings. The van der Waals surface area contributed by atoms with Gasteiger partial charge in [-0.05, 0) is 48.7 Å².